The van der Waals surface area contributed by atoms with Crippen molar-refractivity contribution in [3.8, 4) is 0 Å². The number of anilines is 1. The maximum absolute atomic E-state index is 5.84. The van der Waals surface area contributed by atoms with Crippen LogP contribution in [0.5, 0.6) is 0 Å². The Hall–Kier alpha value is -1.12. The molecule has 2 fully saturated rings. The van der Waals surface area contributed by atoms with Gasteiger partial charge in [-0.25, -0.2) is 9.97 Å². The number of aromatic nitrogens is 2. The molecular weight excluding hydrogens is 186 g/mol. The summed E-state index contributed by atoms with van der Waals surface area (Å²) in [6.07, 6.45) is 7.73. The zero-order valence-electron chi connectivity index (χ0n) is 8.95. The lowest BCUT2D eigenvalue weighted by atomic mass is 10.0. The Labute approximate surface area is 90.1 Å². The molecule has 0 radical (unpaired) electrons. The summed E-state index contributed by atoms with van der Waals surface area (Å²) >= 11 is 0. The largest absolute Gasteiger partial charge is 0.384 e. The summed E-state index contributed by atoms with van der Waals surface area (Å²) in [5.74, 6) is 2.91. The first-order valence-corrected chi connectivity index (χ1v) is 5.97. The number of nitrogen functional groups attached to an aromatic ring is 1. The molecule has 2 aliphatic carbocycles. The summed E-state index contributed by atoms with van der Waals surface area (Å²) in [6.45, 7) is 0. The molecular formula is C12H17N3. The van der Waals surface area contributed by atoms with Crippen LogP contribution < -0.4 is 5.73 Å². The van der Waals surface area contributed by atoms with E-state index in [0.717, 1.165) is 5.82 Å². The van der Waals surface area contributed by atoms with Gasteiger partial charge in [-0.05, 0) is 25.7 Å². The van der Waals surface area contributed by atoms with Crippen molar-refractivity contribution in [3.63, 3.8) is 0 Å². The SMILES string of the molecule is Nc1cc(C2CCCC2)nc(C2CC2)n1. The van der Waals surface area contributed by atoms with Crippen molar-refractivity contribution in [2.24, 2.45) is 0 Å². The van der Waals surface area contributed by atoms with Crippen LogP contribution in [0.3, 0.4) is 0 Å². The minimum absolute atomic E-state index is 0.605. The van der Waals surface area contributed by atoms with Gasteiger partial charge < -0.3 is 5.73 Å². The maximum Gasteiger partial charge on any atom is 0.134 e. The van der Waals surface area contributed by atoms with Gasteiger partial charge in [-0.1, -0.05) is 12.8 Å². The molecule has 0 aliphatic heterocycles. The van der Waals surface area contributed by atoms with Crippen LogP contribution in [0, 0.1) is 0 Å². The van der Waals surface area contributed by atoms with Gasteiger partial charge >= 0.3 is 0 Å². The van der Waals surface area contributed by atoms with Crippen molar-refractivity contribution in [2.75, 3.05) is 5.73 Å². The Morgan fingerprint density at radius 1 is 1.00 bits per heavy atom. The van der Waals surface area contributed by atoms with Crippen molar-refractivity contribution < 1.29 is 0 Å². The zero-order chi connectivity index (χ0) is 10.3. The van der Waals surface area contributed by atoms with Gasteiger partial charge in [0, 0.05) is 23.6 Å². The average molecular weight is 203 g/mol. The van der Waals surface area contributed by atoms with E-state index in [0.29, 0.717) is 17.7 Å². The van der Waals surface area contributed by atoms with E-state index in [2.05, 4.69) is 9.97 Å². The van der Waals surface area contributed by atoms with E-state index >= 15 is 0 Å². The first-order chi connectivity index (χ1) is 7.33. The summed E-state index contributed by atoms with van der Waals surface area (Å²) in [5, 5.41) is 0. The van der Waals surface area contributed by atoms with E-state index in [1.54, 1.807) is 0 Å². The fourth-order valence-corrected chi connectivity index (χ4v) is 2.46. The third-order valence-electron chi connectivity index (χ3n) is 3.50. The van der Waals surface area contributed by atoms with Gasteiger partial charge in [-0.3, -0.25) is 0 Å². The topological polar surface area (TPSA) is 51.8 Å². The molecule has 0 spiro atoms. The highest BCUT2D eigenvalue weighted by molar-refractivity contribution is 5.33. The molecule has 2 saturated carbocycles. The molecule has 3 heteroatoms. The first-order valence-electron chi connectivity index (χ1n) is 5.97. The van der Waals surface area contributed by atoms with E-state index < -0.39 is 0 Å². The van der Waals surface area contributed by atoms with Crippen LogP contribution in [0.15, 0.2) is 6.07 Å². The molecule has 3 rings (SSSR count). The van der Waals surface area contributed by atoms with E-state index in [4.69, 9.17) is 5.73 Å². The first kappa shape index (κ1) is 9.13. The van der Waals surface area contributed by atoms with Crippen molar-refractivity contribution in [2.45, 2.75) is 50.4 Å². The van der Waals surface area contributed by atoms with Crippen LogP contribution in [0.1, 0.15) is 61.9 Å². The van der Waals surface area contributed by atoms with E-state index in [1.165, 1.54) is 44.2 Å². The molecule has 15 heavy (non-hydrogen) atoms. The van der Waals surface area contributed by atoms with Gasteiger partial charge in [-0.15, -0.1) is 0 Å². The van der Waals surface area contributed by atoms with Crippen molar-refractivity contribution in [3.05, 3.63) is 17.6 Å². The Morgan fingerprint density at radius 3 is 2.40 bits per heavy atom. The summed E-state index contributed by atoms with van der Waals surface area (Å²) < 4.78 is 0. The van der Waals surface area contributed by atoms with Gasteiger partial charge in [0.2, 0.25) is 0 Å². The molecule has 3 nitrogen and oxygen atoms in total. The Morgan fingerprint density at radius 2 is 1.73 bits per heavy atom. The van der Waals surface area contributed by atoms with Gasteiger partial charge in [0.15, 0.2) is 0 Å². The number of nitrogens with zero attached hydrogens (tertiary/aromatic N) is 2. The van der Waals surface area contributed by atoms with Gasteiger partial charge in [0.05, 0.1) is 0 Å². The molecule has 0 bridgehead atoms. The summed E-state index contributed by atoms with van der Waals surface area (Å²) in [5.41, 5.74) is 7.04. The van der Waals surface area contributed by atoms with E-state index in [9.17, 15) is 0 Å². The van der Waals surface area contributed by atoms with Gasteiger partial charge in [0.1, 0.15) is 11.6 Å². The molecule has 0 saturated heterocycles. The average Bonchev–Trinajstić information content (AvgIpc) is 2.93. The second-order valence-corrected chi connectivity index (χ2v) is 4.83. The Kier molecular flexibility index (Phi) is 2.11. The van der Waals surface area contributed by atoms with Crippen LogP contribution in [-0.4, -0.2) is 9.97 Å². The van der Waals surface area contributed by atoms with Crippen LogP contribution in [0.25, 0.3) is 0 Å². The monoisotopic (exact) mass is 203 g/mol. The summed E-state index contributed by atoms with van der Waals surface area (Å²) in [7, 11) is 0. The Bertz CT molecular complexity index is 365. The summed E-state index contributed by atoms with van der Waals surface area (Å²) in [6, 6.07) is 1.97. The second kappa shape index (κ2) is 3.47. The lowest BCUT2D eigenvalue weighted by molar-refractivity contribution is 0.684. The standard InChI is InChI=1S/C12H17N3/c13-11-7-10(8-3-1-2-4-8)14-12(15-11)9-5-6-9/h7-9H,1-6H2,(H2,13,14,15). The second-order valence-electron chi connectivity index (χ2n) is 4.83. The fourth-order valence-electron chi connectivity index (χ4n) is 2.46. The molecule has 1 heterocycles. The number of hydrogen-bond acceptors (Lipinski definition) is 3. The lowest BCUT2D eigenvalue weighted by Gasteiger charge is -2.10. The van der Waals surface area contributed by atoms with Crippen molar-refractivity contribution >= 4 is 5.82 Å². The number of nitrogens with two attached hydrogens (primary N) is 1. The molecule has 1 aromatic rings. The van der Waals surface area contributed by atoms with Crippen LogP contribution in [0.2, 0.25) is 0 Å². The predicted molar refractivity (Wildman–Crippen MR) is 59.6 cm³/mol. The van der Waals surface area contributed by atoms with E-state index in [-0.39, 0.29) is 0 Å². The molecule has 0 amide bonds. The van der Waals surface area contributed by atoms with E-state index in [1.807, 2.05) is 6.07 Å². The highest BCUT2D eigenvalue weighted by Crippen LogP contribution is 2.40. The number of hydrogen-bond donors (Lipinski definition) is 1. The normalized spacial score (nSPS) is 22.1. The molecule has 0 unspecified atom stereocenters. The fraction of sp³-hybridized carbons (Fsp3) is 0.667. The quantitative estimate of drug-likeness (QED) is 0.803. The molecule has 0 aromatic carbocycles. The van der Waals surface area contributed by atoms with Crippen LogP contribution >= 0.6 is 0 Å². The minimum Gasteiger partial charge on any atom is -0.384 e. The third-order valence-corrected chi connectivity index (χ3v) is 3.50. The lowest BCUT2D eigenvalue weighted by Crippen LogP contribution is -2.05. The zero-order valence-corrected chi connectivity index (χ0v) is 8.95. The van der Waals surface area contributed by atoms with Crippen molar-refractivity contribution in [1.29, 1.82) is 0 Å². The van der Waals surface area contributed by atoms with Gasteiger partial charge in [-0.2, -0.15) is 0 Å². The smallest absolute Gasteiger partial charge is 0.134 e. The molecule has 80 valence electrons. The van der Waals surface area contributed by atoms with Crippen LogP contribution in [-0.2, 0) is 0 Å². The maximum atomic E-state index is 5.84. The Balaban J connectivity index is 1.91. The molecule has 0 atom stereocenters. The molecule has 2 N–H and O–H groups in total. The molecule has 2 aliphatic rings. The highest BCUT2D eigenvalue weighted by atomic mass is 15.0. The number of rotatable bonds is 2. The highest BCUT2D eigenvalue weighted by Gasteiger charge is 2.28. The van der Waals surface area contributed by atoms with Crippen molar-refractivity contribution in [1.82, 2.24) is 9.97 Å². The molecule has 1 aromatic heterocycles. The van der Waals surface area contributed by atoms with Crippen LogP contribution in [0.4, 0.5) is 5.82 Å². The third kappa shape index (κ3) is 1.83. The predicted octanol–water partition coefficient (Wildman–Crippen LogP) is 2.59. The summed E-state index contributed by atoms with van der Waals surface area (Å²) in [4.78, 5) is 9.02. The van der Waals surface area contributed by atoms with Gasteiger partial charge in [0.25, 0.3) is 0 Å². The minimum atomic E-state index is 0.605.